The molecule has 1 aliphatic heterocycles. The Bertz CT molecular complexity index is 306. The highest BCUT2D eigenvalue weighted by Gasteiger charge is 2.26. The molecule has 14 heavy (non-hydrogen) atoms. The maximum atomic E-state index is 9.46. The number of aromatic nitrogens is 2. The van der Waals surface area contributed by atoms with Crippen LogP contribution in [0.2, 0.25) is 0 Å². The SMILES string of the molecule is OC1COCC1Nc1ncc(I)cn1. The molecule has 6 heteroatoms. The number of halogens is 1. The second-order valence-corrected chi connectivity index (χ2v) is 4.33. The van der Waals surface area contributed by atoms with Gasteiger partial charge in [0, 0.05) is 16.0 Å². The lowest BCUT2D eigenvalue weighted by molar-refractivity contribution is 0.125. The van der Waals surface area contributed by atoms with E-state index < -0.39 is 6.10 Å². The van der Waals surface area contributed by atoms with Crippen molar-refractivity contribution in [3.8, 4) is 0 Å². The van der Waals surface area contributed by atoms with E-state index in [9.17, 15) is 5.11 Å². The van der Waals surface area contributed by atoms with Crippen LogP contribution >= 0.6 is 22.6 Å². The third-order valence-electron chi connectivity index (χ3n) is 1.99. The molecule has 1 fully saturated rings. The summed E-state index contributed by atoms with van der Waals surface area (Å²) in [4.78, 5) is 8.16. The fourth-order valence-electron chi connectivity index (χ4n) is 1.23. The Labute approximate surface area is 95.0 Å². The van der Waals surface area contributed by atoms with Crippen LogP contribution in [0, 0.1) is 3.57 Å². The summed E-state index contributed by atoms with van der Waals surface area (Å²) in [5, 5.41) is 12.5. The maximum absolute atomic E-state index is 9.46. The number of nitrogens with one attached hydrogen (secondary N) is 1. The average Bonchev–Trinajstić information content (AvgIpc) is 2.56. The zero-order valence-electron chi connectivity index (χ0n) is 7.35. The molecule has 0 spiro atoms. The maximum Gasteiger partial charge on any atom is 0.223 e. The van der Waals surface area contributed by atoms with Gasteiger partial charge in [-0.3, -0.25) is 0 Å². The van der Waals surface area contributed by atoms with E-state index in [4.69, 9.17) is 4.74 Å². The van der Waals surface area contributed by atoms with Gasteiger partial charge in [0.1, 0.15) is 0 Å². The average molecular weight is 307 g/mol. The highest BCUT2D eigenvalue weighted by Crippen LogP contribution is 2.10. The molecule has 1 saturated heterocycles. The predicted octanol–water partition coefficient (Wildman–Crippen LogP) is 0.253. The Hall–Kier alpha value is -0.470. The van der Waals surface area contributed by atoms with E-state index in [0.29, 0.717) is 19.2 Å². The van der Waals surface area contributed by atoms with E-state index in [1.807, 2.05) is 0 Å². The molecule has 1 aromatic heterocycles. The molecule has 0 aromatic carbocycles. The number of nitrogens with zero attached hydrogens (tertiary/aromatic N) is 2. The van der Waals surface area contributed by atoms with Crippen LogP contribution in [0.25, 0.3) is 0 Å². The normalized spacial score (nSPS) is 26.4. The summed E-state index contributed by atoms with van der Waals surface area (Å²) in [6.07, 6.45) is 2.97. The number of ether oxygens (including phenoxy) is 1. The Morgan fingerprint density at radius 1 is 1.43 bits per heavy atom. The Morgan fingerprint density at radius 3 is 2.71 bits per heavy atom. The van der Waals surface area contributed by atoms with Gasteiger partial charge in [-0.1, -0.05) is 0 Å². The molecule has 1 aliphatic rings. The van der Waals surface area contributed by atoms with Crippen molar-refractivity contribution in [2.45, 2.75) is 12.1 Å². The summed E-state index contributed by atoms with van der Waals surface area (Å²) in [5.74, 6) is 0.528. The topological polar surface area (TPSA) is 67.3 Å². The Kier molecular flexibility index (Phi) is 3.14. The lowest BCUT2D eigenvalue weighted by Crippen LogP contribution is -2.32. The van der Waals surface area contributed by atoms with Gasteiger partial charge in [-0.15, -0.1) is 0 Å². The molecule has 0 aliphatic carbocycles. The van der Waals surface area contributed by atoms with Crippen molar-refractivity contribution >= 4 is 28.5 Å². The molecule has 0 radical (unpaired) electrons. The fourth-order valence-corrected chi connectivity index (χ4v) is 1.51. The predicted molar refractivity (Wildman–Crippen MR) is 59.0 cm³/mol. The number of hydrogen-bond donors (Lipinski definition) is 2. The van der Waals surface area contributed by atoms with Gasteiger partial charge in [0.15, 0.2) is 0 Å². The highest BCUT2D eigenvalue weighted by atomic mass is 127. The molecular weight excluding hydrogens is 297 g/mol. The van der Waals surface area contributed by atoms with E-state index in [0.717, 1.165) is 3.57 Å². The largest absolute Gasteiger partial charge is 0.388 e. The van der Waals surface area contributed by atoms with Crippen LogP contribution in [0.1, 0.15) is 0 Å². The first-order chi connectivity index (χ1) is 6.75. The van der Waals surface area contributed by atoms with Crippen LogP contribution in [0.5, 0.6) is 0 Å². The van der Waals surface area contributed by atoms with Gasteiger partial charge in [-0.2, -0.15) is 0 Å². The van der Waals surface area contributed by atoms with E-state index >= 15 is 0 Å². The lowest BCUT2D eigenvalue weighted by Gasteiger charge is -2.13. The van der Waals surface area contributed by atoms with Crippen LogP contribution < -0.4 is 5.32 Å². The van der Waals surface area contributed by atoms with Gasteiger partial charge in [-0.25, -0.2) is 9.97 Å². The van der Waals surface area contributed by atoms with Gasteiger partial charge in [0.25, 0.3) is 0 Å². The summed E-state index contributed by atoms with van der Waals surface area (Å²) < 4.78 is 6.08. The zero-order chi connectivity index (χ0) is 9.97. The molecule has 76 valence electrons. The van der Waals surface area contributed by atoms with Crippen molar-refractivity contribution < 1.29 is 9.84 Å². The minimum absolute atomic E-state index is 0.102. The molecule has 1 aromatic rings. The summed E-state index contributed by atoms with van der Waals surface area (Å²) in [5.41, 5.74) is 0. The van der Waals surface area contributed by atoms with Gasteiger partial charge in [0.2, 0.25) is 5.95 Å². The third-order valence-corrected chi connectivity index (χ3v) is 2.54. The first kappa shape index (κ1) is 10.1. The number of aliphatic hydroxyl groups excluding tert-OH is 1. The number of hydrogen-bond acceptors (Lipinski definition) is 5. The molecule has 2 unspecified atom stereocenters. The van der Waals surface area contributed by atoms with Gasteiger partial charge < -0.3 is 15.2 Å². The summed E-state index contributed by atoms with van der Waals surface area (Å²) in [7, 11) is 0. The van der Waals surface area contributed by atoms with E-state index in [1.54, 1.807) is 12.4 Å². The summed E-state index contributed by atoms with van der Waals surface area (Å²) in [6, 6.07) is -0.102. The number of aliphatic hydroxyl groups is 1. The van der Waals surface area contributed by atoms with Crippen molar-refractivity contribution in [1.29, 1.82) is 0 Å². The first-order valence-electron chi connectivity index (χ1n) is 4.25. The number of rotatable bonds is 2. The standard InChI is InChI=1S/C8H10IN3O2/c9-5-1-10-8(11-2-5)12-6-3-14-4-7(6)13/h1-2,6-7,13H,3-4H2,(H,10,11,12). The zero-order valence-corrected chi connectivity index (χ0v) is 9.51. The van der Waals surface area contributed by atoms with Crippen molar-refractivity contribution in [2.24, 2.45) is 0 Å². The van der Waals surface area contributed by atoms with Crippen LogP contribution in [0.4, 0.5) is 5.95 Å². The smallest absolute Gasteiger partial charge is 0.223 e. The van der Waals surface area contributed by atoms with Crippen LogP contribution in [-0.2, 0) is 4.74 Å². The van der Waals surface area contributed by atoms with E-state index in [2.05, 4.69) is 37.9 Å². The lowest BCUT2D eigenvalue weighted by atomic mass is 10.2. The molecule has 0 bridgehead atoms. The third kappa shape index (κ3) is 2.31. The van der Waals surface area contributed by atoms with Gasteiger partial charge in [-0.05, 0) is 22.6 Å². The molecular formula is C8H10IN3O2. The van der Waals surface area contributed by atoms with Crippen molar-refractivity contribution in [3.05, 3.63) is 16.0 Å². The minimum atomic E-state index is -0.474. The summed E-state index contributed by atoms with van der Waals surface area (Å²) >= 11 is 2.14. The van der Waals surface area contributed by atoms with Crippen molar-refractivity contribution in [1.82, 2.24) is 9.97 Å². The van der Waals surface area contributed by atoms with E-state index in [1.165, 1.54) is 0 Å². The molecule has 2 N–H and O–H groups in total. The molecule has 2 heterocycles. The minimum Gasteiger partial charge on any atom is -0.388 e. The monoisotopic (exact) mass is 307 g/mol. The van der Waals surface area contributed by atoms with E-state index in [-0.39, 0.29) is 6.04 Å². The molecule has 0 amide bonds. The fraction of sp³-hybridized carbons (Fsp3) is 0.500. The van der Waals surface area contributed by atoms with Gasteiger partial charge in [0.05, 0.1) is 25.4 Å². The quantitative estimate of drug-likeness (QED) is 0.767. The van der Waals surface area contributed by atoms with Crippen molar-refractivity contribution in [3.63, 3.8) is 0 Å². The van der Waals surface area contributed by atoms with Crippen LogP contribution in [-0.4, -0.2) is 40.4 Å². The highest BCUT2D eigenvalue weighted by molar-refractivity contribution is 14.1. The summed E-state index contributed by atoms with van der Waals surface area (Å²) in [6.45, 7) is 0.874. The second-order valence-electron chi connectivity index (χ2n) is 3.08. The van der Waals surface area contributed by atoms with Gasteiger partial charge >= 0.3 is 0 Å². The second kappa shape index (κ2) is 4.37. The molecule has 2 rings (SSSR count). The van der Waals surface area contributed by atoms with Crippen LogP contribution in [0.3, 0.4) is 0 Å². The van der Waals surface area contributed by atoms with Crippen LogP contribution in [0.15, 0.2) is 12.4 Å². The Morgan fingerprint density at radius 2 is 2.14 bits per heavy atom. The molecule has 2 atom stereocenters. The Balaban J connectivity index is 2.00. The molecule has 5 nitrogen and oxygen atoms in total. The first-order valence-corrected chi connectivity index (χ1v) is 5.33. The van der Waals surface area contributed by atoms with Crippen molar-refractivity contribution in [2.75, 3.05) is 18.5 Å². The molecule has 0 saturated carbocycles. The number of anilines is 1.